The van der Waals surface area contributed by atoms with E-state index in [0.29, 0.717) is 11.4 Å². The highest BCUT2D eigenvalue weighted by Crippen LogP contribution is 2.28. The minimum Gasteiger partial charge on any atom is -0.497 e. The Kier molecular flexibility index (Phi) is 6.31. The van der Waals surface area contributed by atoms with E-state index >= 15 is 0 Å². The van der Waals surface area contributed by atoms with E-state index < -0.39 is 11.7 Å². The molecule has 27 heavy (non-hydrogen) atoms. The minimum absolute atomic E-state index is 0.268. The number of aryl methyl sites for hydroxylation is 1. The van der Waals surface area contributed by atoms with Crippen LogP contribution in [0.3, 0.4) is 0 Å². The lowest BCUT2D eigenvalue weighted by Crippen LogP contribution is -2.37. The van der Waals surface area contributed by atoms with Crippen molar-refractivity contribution in [3.05, 3.63) is 47.3 Å². The summed E-state index contributed by atoms with van der Waals surface area (Å²) in [6.07, 6.45) is 1.32. The molecule has 2 aromatic rings. The SMILES string of the molecule is COc1ccc(N(Cc2ncc(C)c(OC)c2C)C(=O)OC(C)(C)C)cc1. The Morgan fingerprint density at radius 1 is 1.07 bits per heavy atom. The molecule has 0 unspecified atom stereocenters. The fourth-order valence-corrected chi connectivity index (χ4v) is 2.72. The van der Waals surface area contributed by atoms with Crippen LogP contribution >= 0.6 is 0 Å². The molecule has 1 aromatic heterocycles. The normalized spacial score (nSPS) is 11.1. The molecule has 1 heterocycles. The number of carbonyl (C=O) groups excluding carboxylic acids is 1. The molecule has 0 aliphatic heterocycles. The zero-order chi connectivity index (χ0) is 20.2. The molecule has 0 saturated heterocycles. The molecule has 0 spiro atoms. The number of aromatic nitrogens is 1. The molecule has 1 amide bonds. The fraction of sp³-hybridized carbons (Fsp3) is 0.429. The topological polar surface area (TPSA) is 60.9 Å². The minimum atomic E-state index is -0.602. The number of hydrogen-bond acceptors (Lipinski definition) is 5. The number of nitrogens with zero attached hydrogens (tertiary/aromatic N) is 2. The molecule has 0 radical (unpaired) electrons. The lowest BCUT2D eigenvalue weighted by atomic mass is 10.1. The van der Waals surface area contributed by atoms with E-state index in [4.69, 9.17) is 14.2 Å². The van der Waals surface area contributed by atoms with Crippen LogP contribution in [0.5, 0.6) is 11.5 Å². The third-order valence-corrected chi connectivity index (χ3v) is 4.06. The summed E-state index contributed by atoms with van der Waals surface area (Å²) in [5.74, 6) is 1.49. The van der Waals surface area contributed by atoms with Gasteiger partial charge in [0.05, 0.1) is 26.5 Å². The molecular formula is C21H28N2O4. The molecule has 0 bridgehead atoms. The quantitative estimate of drug-likeness (QED) is 0.764. The average molecular weight is 372 g/mol. The lowest BCUT2D eigenvalue weighted by molar-refractivity contribution is 0.0577. The molecule has 6 nitrogen and oxygen atoms in total. The highest BCUT2D eigenvalue weighted by Gasteiger charge is 2.25. The van der Waals surface area contributed by atoms with Crippen LogP contribution in [0.2, 0.25) is 0 Å². The summed E-state index contributed by atoms with van der Waals surface area (Å²) in [5.41, 5.74) is 2.70. The van der Waals surface area contributed by atoms with Gasteiger partial charge in [0.25, 0.3) is 0 Å². The number of ether oxygens (including phenoxy) is 3. The van der Waals surface area contributed by atoms with E-state index in [1.165, 1.54) is 0 Å². The first-order valence-electron chi connectivity index (χ1n) is 8.80. The van der Waals surface area contributed by atoms with Gasteiger partial charge in [-0.05, 0) is 58.9 Å². The van der Waals surface area contributed by atoms with Gasteiger partial charge < -0.3 is 14.2 Å². The number of rotatable bonds is 5. The Balaban J connectivity index is 2.42. The second kappa shape index (κ2) is 8.29. The summed E-state index contributed by atoms with van der Waals surface area (Å²) in [6, 6.07) is 7.26. The molecule has 0 aliphatic carbocycles. The number of pyridine rings is 1. The standard InChI is InChI=1S/C21H28N2O4/c1-14-12-22-18(15(2)19(14)26-7)13-23(20(24)27-21(3,4)5)16-8-10-17(25-6)11-9-16/h8-12H,13H2,1-7H3. The number of methoxy groups -OCH3 is 2. The van der Waals surface area contributed by atoms with Crippen molar-refractivity contribution in [2.24, 2.45) is 0 Å². The predicted molar refractivity (Wildman–Crippen MR) is 106 cm³/mol. The number of amides is 1. The van der Waals surface area contributed by atoms with E-state index in [9.17, 15) is 4.79 Å². The van der Waals surface area contributed by atoms with E-state index in [-0.39, 0.29) is 6.54 Å². The number of anilines is 1. The van der Waals surface area contributed by atoms with Gasteiger partial charge >= 0.3 is 6.09 Å². The van der Waals surface area contributed by atoms with Crippen molar-refractivity contribution in [2.75, 3.05) is 19.1 Å². The zero-order valence-corrected chi connectivity index (χ0v) is 17.1. The first kappa shape index (κ1) is 20.6. The predicted octanol–water partition coefficient (Wildman–Crippen LogP) is 4.66. The Labute approximate surface area is 161 Å². The summed E-state index contributed by atoms with van der Waals surface area (Å²) in [5, 5.41) is 0. The molecule has 0 atom stereocenters. The molecule has 1 aromatic carbocycles. The summed E-state index contributed by atoms with van der Waals surface area (Å²) >= 11 is 0. The van der Waals surface area contributed by atoms with Gasteiger partial charge in [0.1, 0.15) is 17.1 Å². The van der Waals surface area contributed by atoms with Gasteiger partial charge in [-0.2, -0.15) is 0 Å². The fourth-order valence-electron chi connectivity index (χ4n) is 2.72. The van der Waals surface area contributed by atoms with Crippen molar-refractivity contribution in [3.63, 3.8) is 0 Å². The first-order chi connectivity index (χ1) is 12.7. The second-order valence-corrected chi connectivity index (χ2v) is 7.31. The largest absolute Gasteiger partial charge is 0.497 e. The van der Waals surface area contributed by atoms with Crippen molar-refractivity contribution < 1.29 is 19.0 Å². The molecule has 6 heteroatoms. The molecule has 2 rings (SSSR count). The van der Waals surface area contributed by atoms with E-state index in [1.807, 2.05) is 58.9 Å². The maximum Gasteiger partial charge on any atom is 0.415 e. The number of benzene rings is 1. The molecule has 0 N–H and O–H groups in total. The Bertz CT molecular complexity index is 795. The van der Waals surface area contributed by atoms with Gasteiger partial charge in [-0.25, -0.2) is 4.79 Å². The Morgan fingerprint density at radius 3 is 2.22 bits per heavy atom. The van der Waals surface area contributed by atoms with Crippen LogP contribution < -0.4 is 14.4 Å². The summed E-state index contributed by atoms with van der Waals surface area (Å²) in [7, 11) is 3.24. The van der Waals surface area contributed by atoms with Crippen LogP contribution in [0.25, 0.3) is 0 Å². The molecule has 0 saturated carbocycles. The van der Waals surface area contributed by atoms with Crippen molar-refractivity contribution in [3.8, 4) is 11.5 Å². The van der Waals surface area contributed by atoms with Crippen molar-refractivity contribution in [1.82, 2.24) is 4.98 Å². The van der Waals surface area contributed by atoms with E-state index in [2.05, 4.69) is 4.98 Å². The van der Waals surface area contributed by atoms with Crippen LogP contribution in [0.1, 0.15) is 37.6 Å². The number of hydrogen-bond donors (Lipinski definition) is 0. The lowest BCUT2D eigenvalue weighted by Gasteiger charge is -2.28. The van der Waals surface area contributed by atoms with Gasteiger partial charge in [-0.1, -0.05) is 0 Å². The zero-order valence-electron chi connectivity index (χ0n) is 17.1. The highest BCUT2D eigenvalue weighted by molar-refractivity contribution is 5.88. The van der Waals surface area contributed by atoms with Gasteiger partial charge in [0.2, 0.25) is 0 Å². The Hall–Kier alpha value is -2.76. The van der Waals surface area contributed by atoms with Gasteiger partial charge in [0.15, 0.2) is 0 Å². The smallest absolute Gasteiger partial charge is 0.415 e. The molecular weight excluding hydrogens is 344 g/mol. The van der Waals surface area contributed by atoms with Crippen molar-refractivity contribution >= 4 is 11.8 Å². The maximum absolute atomic E-state index is 12.9. The van der Waals surface area contributed by atoms with Crippen molar-refractivity contribution in [2.45, 2.75) is 46.8 Å². The highest BCUT2D eigenvalue weighted by atomic mass is 16.6. The number of carbonyl (C=O) groups is 1. The third-order valence-electron chi connectivity index (χ3n) is 4.06. The van der Waals surface area contributed by atoms with Crippen LogP contribution in [-0.2, 0) is 11.3 Å². The third kappa shape index (κ3) is 5.12. The van der Waals surface area contributed by atoms with E-state index in [0.717, 1.165) is 22.6 Å². The average Bonchev–Trinajstić information content (AvgIpc) is 2.60. The van der Waals surface area contributed by atoms with E-state index in [1.54, 1.807) is 25.3 Å². The van der Waals surface area contributed by atoms with Gasteiger partial charge in [0, 0.05) is 23.0 Å². The van der Waals surface area contributed by atoms with Crippen LogP contribution in [0.4, 0.5) is 10.5 Å². The van der Waals surface area contributed by atoms with Crippen LogP contribution in [0, 0.1) is 13.8 Å². The Morgan fingerprint density at radius 2 is 1.70 bits per heavy atom. The molecule has 0 aliphatic rings. The molecule has 146 valence electrons. The summed E-state index contributed by atoms with van der Waals surface area (Å²) in [4.78, 5) is 18.9. The first-order valence-corrected chi connectivity index (χ1v) is 8.80. The molecule has 0 fully saturated rings. The monoisotopic (exact) mass is 372 g/mol. The van der Waals surface area contributed by atoms with Crippen molar-refractivity contribution in [1.29, 1.82) is 0 Å². The van der Waals surface area contributed by atoms with Crippen LogP contribution in [-0.4, -0.2) is 30.9 Å². The van der Waals surface area contributed by atoms with Gasteiger partial charge in [-0.3, -0.25) is 9.88 Å². The summed E-state index contributed by atoms with van der Waals surface area (Å²) < 4.78 is 16.3. The van der Waals surface area contributed by atoms with Crippen LogP contribution in [0.15, 0.2) is 30.5 Å². The van der Waals surface area contributed by atoms with Gasteiger partial charge in [-0.15, -0.1) is 0 Å². The second-order valence-electron chi connectivity index (χ2n) is 7.31. The maximum atomic E-state index is 12.9. The summed E-state index contributed by atoms with van der Waals surface area (Å²) in [6.45, 7) is 9.68.